The molecule has 1 aromatic carbocycles. The molecule has 3 fully saturated rings. The third-order valence-electron chi connectivity index (χ3n) is 10.7. The fourth-order valence-electron chi connectivity index (χ4n) is 7.98. The maximum atomic E-state index is 17.0. The van der Waals surface area contributed by atoms with E-state index in [1.54, 1.807) is 12.3 Å². The van der Waals surface area contributed by atoms with Crippen molar-refractivity contribution >= 4 is 28.4 Å². The smallest absolute Gasteiger partial charge is 0.407 e. The number of fused-ring (bicyclic) bond motifs is 6. The van der Waals surface area contributed by atoms with Gasteiger partial charge in [0, 0.05) is 49.3 Å². The number of phenolic OH excluding ortho intramolecular Hbond substituents is 1. The SMILES string of the molecule is O=C1NC2CCCN(C2)c2nc(OCC3(CN4CCCCC4)CC3)nc3c(F)c(ncc23)-c2cc(O)cc3c2C(=C(F)CC3)CCCO1. The van der Waals surface area contributed by atoms with Gasteiger partial charge in [-0.3, -0.25) is 4.98 Å². The van der Waals surface area contributed by atoms with Gasteiger partial charge in [-0.1, -0.05) is 6.42 Å². The zero-order valence-electron chi connectivity index (χ0n) is 27.2. The summed E-state index contributed by atoms with van der Waals surface area (Å²) < 4.78 is 44.3. The van der Waals surface area contributed by atoms with Gasteiger partial charge in [0.15, 0.2) is 5.82 Å². The van der Waals surface area contributed by atoms with E-state index in [4.69, 9.17) is 14.5 Å². The molecule has 254 valence electrons. The van der Waals surface area contributed by atoms with Crippen LogP contribution in [0.4, 0.5) is 19.4 Å². The molecule has 6 bridgehead atoms. The molecule has 1 saturated carbocycles. The Hall–Kier alpha value is -4.06. The lowest BCUT2D eigenvalue weighted by Crippen LogP contribution is -2.48. The number of nitrogens with one attached hydrogen (secondary N) is 1. The first-order valence-corrected chi connectivity index (χ1v) is 17.5. The number of allylic oxidation sites excluding steroid dienone is 2. The molecule has 48 heavy (non-hydrogen) atoms. The van der Waals surface area contributed by atoms with Crippen LogP contribution in [0.5, 0.6) is 11.8 Å². The van der Waals surface area contributed by atoms with Crippen LogP contribution in [0.15, 0.2) is 24.2 Å². The van der Waals surface area contributed by atoms with Crippen LogP contribution in [0.3, 0.4) is 0 Å². The van der Waals surface area contributed by atoms with Crippen molar-refractivity contribution < 1.29 is 28.2 Å². The van der Waals surface area contributed by atoms with Gasteiger partial charge >= 0.3 is 12.1 Å². The molecular formula is C36H42F2N6O4. The van der Waals surface area contributed by atoms with Crippen molar-refractivity contribution in [3.05, 3.63) is 41.1 Å². The molecule has 1 atom stereocenters. The summed E-state index contributed by atoms with van der Waals surface area (Å²) in [6.07, 6.45) is 9.63. The number of hydrogen-bond donors (Lipinski definition) is 2. The molecule has 0 spiro atoms. The van der Waals surface area contributed by atoms with Crippen molar-refractivity contribution in [2.75, 3.05) is 50.8 Å². The van der Waals surface area contributed by atoms with Gasteiger partial charge < -0.3 is 29.7 Å². The van der Waals surface area contributed by atoms with E-state index in [0.717, 1.165) is 50.9 Å². The summed E-state index contributed by atoms with van der Waals surface area (Å²) in [6.45, 7) is 4.83. The second-order valence-corrected chi connectivity index (χ2v) is 14.2. The predicted octanol–water partition coefficient (Wildman–Crippen LogP) is 6.30. The number of alkyl carbamates (subject to hydrolysis) is 1. The number of likely N-dealkylation sites (tertiary alicyclic amines) is 1. The Kier molecular flexibility index (Phi) is 8.30. The van der Waals surface area contributed by atoms with E-state index in [1.165, 1.54) is 25.3 Å². The molecule has 2 aliphatic carbocycles. The van der Waals surface area contributed by atoms with Gasteiger partial charge in [0.25, 0.3) is 0 Å². The minimum absolute atomic E-state index is 0.0184. The lowest BCUT2D eigenvalue weighted by molar-refractivity contribution is 0.138. The third kappa shape index (κ3) is 6.15. The molecule has 12 heteroatoms. The molecule has 10 nitrogen and oxygen atoms in total. The summed E-state index contributed by atoms with van der Waals surface area (Å²) in [4.78, 5) is 31.4. The first-order valence-electron chi connectivity index (χ1n) is 17.5. The van der Waals surface area contributed by atoms with Gasteiger partial charge in [0.05, 0.1) is 18.6 Å². The molecule has 2 saturated heterocycles. The predicted molar refractivity (Wildman–Crippen MR) is 177 cm³/mol. The molecule has 1 amide bonds. The number of aryl methyl sites for hydroxylation is 1. The number of hydrogen-bond acceptors (Lipinski definition) is 9. The Balaban J connectivity index is 1.23. The van der Waals surface area contributed by atoms with Gasteiger partial charge in [-0.25, -0.2) is 13.6 Å². The summed E-state index contributed by atoms with van der Waals surface area (Å²) in [6, 6.07) is 2.93. The quantitative estimate of drug-likeness (QED) is 0.326. The van der Waals surface area contributed by atoms with Crippen molar-refractivity contribution in [1.82, 2.24) is 25.2 Å². The van der Waals surface area contributed by atoms with Crippen LogP contribution in [-0.2, 0) is 11.2 Å². The summed E-state index contributed by atoms with van der Waals surface area (Å²) in [5.41, 5.74) is 2.03. The van der Waals surface area contributed by atoms with Crippen molar-refractivity contribution in [3.8, 4) is 23.0 Å². The van der Waals surface area contributed by atoms with Crippen LogP contribution in [0, 0.1) is 11.2 Å². The highest BCUT2D eigenvalue weighted by atomic mass is 19.1. The Morgan fingerprint density at radius 1 is 1.04 bits per heavy atom. The number of benzene rings is 1. The van der Waals surface area contributed by atoms with Crippen LogP contribution in [-0.4, -0.2) is 83.0 Å². The lowest BCUT2D eigenvalue weighted by atomic mass is 9.83. The van der Waals surface area contributed by atoms with E-state index < -0.39 is 11.9 Å². The Morgan fingerprint density at radius 2 is 1.90 bits per heavy atom. The van der Waals surface area contributed by atoms with E-state index in [-0.39, 0.29) is 59.7 Å². The van der Waals surface area contributed by atoms with Gasteiger partial charge in [0.1, 0.15) is 28.6 Å². The largest absolute Gasteiger partial charge is 0.508 e. The zero-order chi connectivity index (χ0) is 32.8. The molecule has 6 heterocycles. The van der Waals surface area contributed by atoms with E-state index in [1.807, 2.05) is 4.90 Å². The number of carbonyl (C=O) groups excluding carboxylic acids is 1. The first kappa shape index (κ1) is 31.2. The Bertz CT molecular complexity index is 1770. The number of ether oxygens (including phenoxy) is 2. The van der Waals surface area contributed by atoms with Crippen molar-refractivity contribution in [3.63, 3.8) is 0 Å². The number of aromatic nitrogens is 3. The number of carbonyl (C=O) groups is 1. The molecule has 9 rings (SSSR count). The fraction of sp³-hybridized carbons (Fsp3) is 0.556. The summed E-state index contributed by atoms with van der Waals surface area (Å²) in [5, 5.41) is 14.1. The monoisotopic (exact) mass is 660 g/mol. The first-order chi connectivity index (χ1) is 23.4. The van der Waals surface area contributed by atoms with Crippen molar-refractivity contribution in [2.24, 2.45) is 5.41 Å². The van der Waals surface area contributed by atoms with Crippen molar-refractivity contribution in [1.29, 1.82) is 0 Å². The molecule has 6 aliphatic rings. The van der Waals surface area contributed by atoms with Gasteiger partial charge in [-0.2, -0.15) is 9.97 Å². The van der Waals surface area contributed by atoms with Crippen LogP contribution in [0.1, 0.15) is 75.3 Å². The normalized spacial score (nSPS) is 22.7. The number of pyridine rings is 1. The highest BCUT2D eigenvalue weighted by Crippen LogP contribution is 2.47. The number of anilines is 1. The Morgan fingerprint density at radius 3 is 2.73 bits per heavy atom. The summed E-state index contributed by atoms with van der Waals surface area (Å²) in [7, 11) is 0. The van der Waals surface area contributed by atoms with Gasteiger partial charge in [-0.05, 0) is 99.7 Å². The molecular weight excluding hydrogens is 618 g/mol. The van der Waals surface area contributed by atoms with Crippen LogP contribution < -0.4 is 15.0 Å². The number of phenols is 1. The van der Waals surface area contributed by atoms with E-state index in [2.05, 4.69) is 20.2 Å². The molecule has 0 radical (unpaired) electrons. The number of piperidine rings is 2. The molecule has 2 N–H and O–H groups in total. The molecule has 2 aromatic heterocycles. The minimum atomic E-state index is -0.678. The second kappa shape index (κ2) is 12.8. The maximum absolute atomic E-state index is 17.0. The second-order valence-electron chi connectivity index (χ2n) is 14.2. The zero-order valence-corrected chi connectivity index (χ0v) is 27.2. The van der Waals surface area contributed by atoms with E-state index >= 15 is 8.78 Å². The number of amides is 1. The molecule has 3 aromatic rings. The van der Waals surface area contributed by atoms with Gasteiger partial charge in [0.2, 0.25) is 0 Å². The number of nitrogens with zero attached hydrogens (tertiary/aromatic N) is 5. The lowest BCUT2D eigenvalue weighted by Gasteiger charge is -2.34. The van der Waals surface area contributed by atoms with Crippen LogP contribution in [0.25, 0.3) is 27.7 Å². The van der Waals surface area contributed by atoms with E-state index in [9.17, 15) is 9.90 Å². The average molecular weight is 661 g/mol. The average Bonchev–Trinajstić information content (AvgIpc) is 3.85. The Labute approximate surface area is 278 Å². The highest BCUT2D eigenvalue weighted by Gasteiger charge is 2.45. The molecule has 1 unspecified atom stereocenters. The summed E-state index contributed by atoms with van der Waals surface area (Å²) in [5.74, 6) is -0.531. The number of aromatic hydroxyl groups is 1. The fourth-order valence-corrected chi connectivity index (χ4v) is 7.98. The maximum Gasteiger partial charge on any atom is 0.407 e. The van der Waals surface area contributed by atoms with Crippen LogP contribution in [0.2, 0.25) is 0 Å². The third-order valence-corrected chi connectivity index (χ3v) is 10.7. The van der Waals surface area contributed by atoms with E-state index in [0.29, 0.717) is 60.4 Å². The highest BCUT2D eigenvalue weighted by molar-refractivity contribution is 5.94. The standard InChI is InChI=1S/C36H42F2N6O4/c37-28-9-8-22-16-24(45)17-26-29(22)25(28)7-5-15-47-35(46)40-23-6-4-14-44(19-23)33-27-18-39-31(26)30(38)32(27)41-34(42-33)48-21-36(10-11-36)20-43-12-2-1-3-13-43/h16-18,23,45H,1-15,19-21H2,(H,40,46). The minimum Gasteiger partial charge on any atom is -0.508 e. The van der Waals surface area contributed by atoms with Gasteiger partial charge in [-0.15, -0.1) is 0 Å². The van der Waals surface area contributed by atoms with Crippen molar-refractivity contribution in [2.45, 2.75) is 76.7 Å². The number of halogens is 2. The summed E-state index contributed by atoms with van der Waals surface area (Å²) >= 11 is 0. The van der Waals surface area contributed by atoms with Crippen LogP contribution >= 0.6 is 0 Å². The molecule has 4 aliphatic heterocycles. The number of rotatable bonds is 5. The topological polar surface area (TPSA) is 113 Å².